The predicted molar refractivity (Wildman–Crippen MR) is 92.2 cm³/mol. The molecule has 122 valence electrons. The molecular formula is C16H15ClF2N2OS. The third kappa shape index (κ3) is 5.33. The van der Waals surface area contributed by atoms with Gasteiger partial charge in [0.15, 0.2) is 5.11 Å². The number of hydrogen-bond acceptors (Lipinski definition) is 2. The van der Waals surface area contributed by atoms with Crippen LogP contribution in [0.2, 0.25) is 5.02 Å². The minimum atomic E-state index is -2.84. The number of benzene rings is 2. The van der Waals surface area contributed by atoms with E-state index in [0.29, 0.717) is 22.4 Å². The van der Waals surface area contributed by atoms with E-state index in [1.807, 2.05) is 36.2 Å². The first kappa shape index (κ1) is 17.4. The van der Waals surface area contributed by atoms with E-state index in [-0.39, 0.29) is 5.75 Å². The molecule has 0 fully saturated rings. The Labute approximate surface area is 143 Å². The predicted octanol–water partition coefficient (Wildman–Crippen LogP) is 4.77. The second kappa shape index (κ2) is 8.08. The van der Waals surface area contributed by atoms with E-state index < -0.39 is 6.61 Å². The number of hydrogen-bond donors (Lipinski definition) is 1. The lowest BCUT2D eigenvalue weighted by molar-refractivity contribution is -0.0498. The second-order valence-corrected chi connectivity index (χ2v) is 5.57. The van der Waals surface area contributed by atoms with Crippen LogP contribution in [0.15, 0.2) is 48.5 Å². The third-order valence-corrected chi connectivity index (χ3v) is 3.83. The highest BCUT2D eigenvalue weighted by molar-refractivity contribution is 7.80. The van der Waals surface area contributed by atoms with Crippen LogP contribution >= 0.6 is 23.8 Å². The molecule has 2 aromatic rings. The largest absolute Gasteiger partial charge is 0.435 e. The Balaban J connectivity index is 1.94. The van der Waals surface area contributed by atoms with E-state index in [1.54, 1.807) is 12.1 Å². The van der Waals surface area contributed by atoms with Crippen LogP contribution in [0, 0.1) is 0 Å². The van der Waals surface area contributed by atoms with E-state index in [2.05, 4.69) is 10.1 Å². The van der Waals surface area contributed by atoms with Gasteiger partial charge < -0.3 is 15.0 Å². The van der Waals surface area contributed by atoms with Crippen LogP contribution in [-0.4, -0.2) is 23.7 Å². The molecule has 23 heavy (non-hydrogen) atoms. The van der Waals surface area contributed by atoms with Gasteiger partial charge in [0.1, 0.15) is 5.75 Å². The topological polar surface area (TPSA) is 24.5 Å². The van der Waals surface area contributed by atoms with Gasteiger partial charge in [-0.3, -0.25) is 0 Å². The smallest absolute Gasteiger partial charge is 0.387 e. The van der Waals surface area contributed by atoms with Crippen LogP contribution in [0.25, 0.3) is 0 Å². The highest BCUT2D eigenvalue weighted by Gasteiger charge is 2.09. The van der Waals surface area contributed by atoms with Crippen LogP contribution < -0.4 is 10.1 Å². The van der Waals surface area contributed by atoms with Crippen molar-refractivity contribution in [3.05, 3.63) is 59.1 Å². The van der Waals surface area contributed by atoms with Gasteiger partial charge in [-0.2, -0.15) is 8.78 Å². The molecule has 0 saturated carbocycles. The summed E-state index contributed by atoms with van der Waals surface area (Å²) in [5.41, 5.74) is 1.64. The Morgan fingerprint density at radius 1 is 1.22 bits per heavy atom. The molecule has 3 nitrogen and oxygen atoms in total. The van der Waals surface area contributed by atoms with E-state index in [4.69, 9.17) is 23.8 Å². The normalized spacial score (nSPS) is 10.5. The molecule has 0 aliphatic heterocycles. The average molecular weight is 357 g/mol. The van der Waals surface area contributed by atoms with Crippen LogP contribution in [0.3, 0.4) is 0 Å². The summed E-state index contributed by atoms with van der Waals surface area (Å²) in [6.45, 7) is -2.28. The van der Waals surface area contributed by atoms with Gasteiger partial charge in [0, 0.05) is 24.3 Å². The Hall–Kier alpha value is -1.92. The Kier molecular flexibility index (Phi) is 6.12. The molecule has 2 rings (SSSR count). The molecule has 0 bridgehead atoms. The Morgan fingerprint density at radius 3 is 2.48 bits per heavy atom. The monoisotopic (exact) mass is 356 g/mol. The molecular weight excluding hydrogens is 342 g/mol. The lowest BCUT2D eigenvalue weighted by Gasteiger charge is -2.21. The summed E-state index contributed by atoms with van der Waals surface area (Å²) in [6, 6.07) is 13.7. The van der Waals surface area contributed by atoms with Crippen molar-refractivity contribution in [1.82, 2.24) is 4.90 Å². The lowest BCUT2D eigenvalue weighted by atomic mass is 10.2. The number of anilines is 1. The summed E-state index contributed by atoms with van der Waals surface area (Å²) in [5, 5.41) is 4.20. The standard InChI is InChI=1S/C16H15ClF2N2OS/c1-21(10-11-4-2-3-5-14(11)17)16(23)20-12-6-8-13(9-7-12)22-15(18)19/h2-9,15H,10H2,1H3,(H,20,23). The molecule has 0 atom stereocenters. The first-order chi connectivity index (χ1) is 11.0. The summed E-state index contributed by atoms with van der Waals surface area (Å²) in [4.78, 5) is 1.83. The van der Waals surface area contributed by atoms with Crippen LogP contribution in [0.4, 0.5) is 14.5 Å². The van der Waals surface area contributed by atoms with Gasteiger partial charge in [0.05, 0.1) is 0 Å². The van der Waals surface area contributed by atoms with Crippen molar-refractivity contribution in [3.8, 4) is 5.75 Å². The fourth-order valence-electron chi connectivity index (χ4n) is 1.89. The quantitative estimate of drug-likeness (QED) is 0.780. The molecule has 0 aromatic heterocycles. The van der Waals surface area contributed by atoms with Crippen molar-refractivity contribution in [3.63, 3.8) is 0 Å². The molecule has 0 amide bonds. The maximum Gasteiger partial charge on any atom is 0.387 e. The summed E-state index contributed by atoms with van der Waals surface area (Å²) in [5.74, 6) is 0.0980. The van der Waals surface area contributed by atoms with Gasteiger partial charge in [0.25, 0.3) is 0 Å². The zero-order valence-corrected chi connectivity index (χ0v) is 13.9. The summed E-state index contributed by atoms with van der Waals surface area (Å²) in [7, 11) is 1.84. The number of alkyl halides is 2. The maximum atomic E-state index is 12.1. The Bertz CT molecular complexity index is 667. The summed E-state index contributed by atoms with van der Waals surface area (Å²) >= 11 is 11.5. The molecule has 0 aliphatic rings. The third-order valence-electron chi connectivity index (χ3n) is 3.04. The molecule has 0 radical (unpaired) electrons. The van der Waals surface area contributed by atoms with Crippen molar-refractivity contribution in [2.75, 3.05) is 12.4 Å². The Morgan fingerprint density at radius 2 is 1.87 bits per heavy atom. The number of rotatable bonds is 5. The average Bonchev–Trinajstić information content (AvgIpc) is 2.51. The van der Waals surface area contributed by atoms with E-state index in [9.17, 15) is 8.78 Å². The molecule has 0 unspecified atom stereocenters. The summed E-state index contributed by atoms with van der Waals surface area (Å²) < 4.78 is 28.5. The molecule has 0 heterocycles. The second-order valence-electron chi connectivity index (χ2n) is 4.78. The number of halogens is 3. The molecule has 0 aliphatic carbocycles. The van der Waals surface area contributed by atoms with Gasteiger partial charge in [-0.05, 0) is 48.1 Å². The van der Waals surface area contributed by atoms with Crippen molar-refractivity contribution in [2.45, 2.75) is 13.2 Å². The van der Waals surface area contributed by atoms with E-state index in [0.717, 1.165) is 5.56 Å². The first-order valence-electron chi connectivity index (χ1n) is 6.76. The minimum Gasteiger partial charge on any atom is -0.435 e. The fourth-order valence-corrected chi connectivity index (χ4v) is 2.27. The van der Waals surface area contributed by atoms with Gasteiger partial charge in [-0.1, -0.05) is 29.8 Å². The van der Waals surface area contributed by atoms with Crippen molar-refractivity contribution in [2.24, 2.45) is 0 Å². The van der Waals surface area contributed by atoms with Crippen LogP contribution in [0.1, 0.15) is 5.56 Å². The molecule has 1 N–H and O–H groups in total. The van der Waals surface area contributed by atoms with Crippen LogP contribution in [0.5, 0.6) is 5.75 Å². The van der Waals surface area contributed by atoms with Gasteiger partial charge in [-0.15, -0.1) is 0 Å². The van der Waals surface area contributed by atoms with Crippen molar-refractivity contribution in [1.29, 1.82) is 0 Å². The maximum absolute atomic E-state index is 12.1. The minimum absolute atomic E-state index is 0.0980. The summed E-state index contributed by atoms with van der Waals surface area (Å²) in [6.07, 6.45) is 0. The molecule has 7 heteroatoms. The zero-order valence-electron chi connectivity index (χ0n) is 12.3. The van der Waals surface area contributed by atoms with Gasteiger partial charge in [-0.25, -0.2) is 0 Å². The van der Waals surface area contributed by atoms with E-state index in [1.165, 1.54) is 12.1 Å². The zero-order chi connectivity index (χ0) is 16.8. The van der Waals surface area contributed by atoms with Crippen LogP contribution in [-0.2, 0) is 6.54 Å². The lowest BCUT2D eigenvalue weighted by Crippen LogP contribution is -2.30. The molecule has 0 saturated heterocycles. The number of thiocarbonyl (C=S) groups is 1. The fraction of sp³-hybridized carbons (Fsp3) is 0.188. The molecule has 2 aromatic carbocycles. The van der Waals surface area contributed by atoms with Gasteiger partial charge >= 0.3 is 6.61 Å². The highest BCUT2D eigenvalue weighted by atomic mass is 35.5. The number of ether oxygens (including phenoxy) is 1. The molecule has 0 spiro atoms. The van der Waals surface area contributed by atoms with Gasteiger partial charge in [0.2, 0.25) is 0 Å². The first-order valence-corrected chi connectivity index (χ1v) is 7.54. The van der Waals surface area contributed by atoms with Crippen molar-refractivity contribution < 1.29 is 13.5 Å². The highest BCUT2D eigenvalue weighted by Crippen LogP contribution is 2.19. The van der Waals surface area contributed by atoms with Crippen molar-refractivity contribution >= 4 is 34.6 Å². The number of nitrogens with one attached hydrogen (secondary N) is 1. The van der Waals surface area contributed by atoms with E-state index >= 15 is 0 Å². The SMILES string of the molecule is CN(Cc1ccccc1Cl)C(=S)Nc1ccc(OC(F)F)cc1. The number of nitrogens with zero attached hydrogens (tertiary/aromatic N) is 1.